The van der Waals surface area contributed by atoms with E-state index in [9.17, 15) is 9.59 Å². The van der Waals surface area contributed by atoms with Crippen LogP contribution in [0.15, 0.2) is 60.7 Å². The maximum Gasteiger partial charge on any atom is 0.411 e. The lowest BCUT2D eigenvalue weighted by Crippen LogP contribution is -2.15. The van der Waals surface area contributed by atoms with E-state index in [1.807, 2.05) is 43.7 Å². The molecule has 0 aromatic heterocycles. The number of carbonyl (C=O) groups is 2. The van der Waals surface area contributed by atoms with Crippen LogP contribution in [-0.2, 0) is 9.47 Å². The third kappa shape index (κ3) is 5.56. The molecular weight excluding hydrogens is 319 g/mol. The van der Waals surface area contributed by atoms with Gasteiger partial charge in [-0.2, -0.15) is 0 Å². The van der Waals surface area contributed by atoms with Gasteiger partial charge in [-0.05, 0) is 35.9 Å². The molecule has 127 valence electrons. The molecule has 2 aromatic rings. The zero-order chi connectivity index (χ0) is 17.5. The van der Waals surface area contributed by atoms with Crippen molar-refractivity contribution in [1.29, 1.82) is 0 Å². The highest BCUT2D eigenvalue weighted by Gasteiger charge is 2.40. The Morgan fingerprint density at radius 3 is 1.56 bits per heavy atom. The van der Waals surface area contributed by atoms with Gasteiger partial charge in [-0.3, -0.25) is 10.6 Å². The van der Waals surface area contributed by atoms with Gasteiger partial charge in [-0.15, -0.1) is 0 Å². The summed E-state index contributed by atoms with van der Waals surface area (Å²) in [7, 11) is 1.99. The van der Waals surface area contributed by atoms with Crippen molar-refractivity contribution in [2.45, 2.75) is 11.6 Å². The lowest BCUT2D eigenvalue weighted by Gasteiger charge is -2.08. The third-order valence-electron chi connectivity index (χ3n) is 3.76. The van der Waals surface area contributed by atoms with Gasteiger partial charge in [0.25, 0.3) is 0 Å². The standard InChI is InChI=1S/C18H18BN2O4/c22-17(20-13-7-3-1-4-8-13)24-11-15-16(19-15)12-25-18(23)21-14-9-5-2-6-10-14/h1-10,15-16H,11-12H2,(H,20,22)(H,21,23)/t15-,16+. The largest absolute Gasteiger partial charge is 0.450 e. The maximum atomic E-state index is 11.7. The minimum absolute atomic E-state index is 0.117. The van der Waals surface area contributed by atoms with Crippen molar-refractivity contribution in [2.75, 3.05) is 23.8 Å². The summed E-state index contributed by atoms with van der Waals surface area (Å²) in [6.07, 6.45) is -0.985. The Labute approximate surface area is 146 Å². The van der Waals surface area contributed by atoms with Crippen molar-refractivity contribution in [3.05, 3.63) is 60.7 Å². The number of amides is 2. The summed E-state index contributed by atoms with van der Waals surface area (Å²) < 4.78 is 10.3. The van der Waals surface area contributed by atoms with Crippen LogP contribution in [0.1, 0.15) is 0 Å². The average Bonchev–Trinajstić information content (AvgIpc) is 3.39. The number of nitrogens with one attached hydrogen (secondary N) is 2. The summed E-state index contributed by atoms with van der Waals surface area (Å²) in [4.78, 5) is 23.4. The van der Waals surface area contributed by atoms with E-state index in [0.717, 1.165) is 0 Å². The molecule has 7 heteroatoms. The van der Waals surface area contributed by atoms with Crippen molar-refractivity contribution in [3.8, 4) is 0 Å². The SMILES string of the molecule is O=C(Nc1ccccc1)OC[C@H]1[B][C@H]1COC(=O)Nc1ccccc1. The molecule has 0 aliphatic carbocycles. The van der Waals surface area contributed by atoms with Gasteiger partial charge in [-0.1, -0.05) is 36.4 Å². The Morgan fingerprint density at radius 1 is 0.760 bits per heavy atom. The first-order valence-electron chi connectivity index (χ1n) is 8.03. The molecule has 25 heavy (non-hydrogen) atoms. The summed E-state index contributed by atoms with van der Waals surface area (Å²) in [5, 5.41) is 5.29. The topological polar surface area (TPSA) is 76.7 Å². The normalized spacial score (nSPS) is 17.8. The van der Waals surface area contributed by atoms with Crippen LogP contribution in [0.2, 0.25) is 11.6 Å². The van der Waals surface area contributed by atoms with E-state index in [-0.39, 0.29) is 24.8 Å². The number of para-hydroxylation sites is 2. The molecule has 2 N–H and O–H groups in total. The van der Waals surface area contributed by atoms with Gasteiger partial charge >= 0.3 is 12.2 Å². The molecule has 1 saturated heterocycles. The predicted molar refractivity (Wildman–Crippen MR) is 96.1 cm³/mol. The summed E-state index contributed by atoms with van der Waals surface area (Å²) in [5.74, 6) is 0.233. The molecule has 1 radical (unpaired) electrons. The van der Waals surface area contributed by atoms with Gasteiger partial charge in [0.05, 0.1) is 13.2 Å². The zero-order valence-electron chi connectivity index (χ0n) is 13.6. The molecule has 2 aromatic carbocycles. The first kappa shape index (κ1) is 16.9. The molecule has 1 aliphatic heterocycles. The second-order valence-electron chi connectivity index (χ2n) is 5.70. The van der Waals surface area contributed by atoms with Gasteiger partial charge in [0.2, 0.25) is 0 Å². The zero-order valence-corrected chi connectivity index (χ0v) is 13.6. The molecule has 3 rings (SSSR count). The molecule has 1 heterocycles. The summed E-state index contributed by atoms with van der Waals surface area (Å²) in [6, 6.07) is 18.2. The van der Waals surface area contributed by atoms with Crippen LogP contribution in [0, 0.1) is 0 Å². The first-order chi connectivity index (χ1) is 12.2. The highest BCUT2D eigenvalue weighted by Crippen LogP contribution is 2.41. The molecule has 0 saturated carbocycles. The quantitative estimate of drug-likeness (QED) is 0.787. The van der Waals surface area contributed by atoms with Crippen LogP contribution in [0.5, 0.6) is 0 Å². The van der Waals surface area contributed by atoms with E-state index in [2.05, 4.69) is 10.6 Å². The van der Waals surface area contributed by atoms with Crippen LogP contribution in [0.4, 0.5) is 21.0 Å². The second-order valence-corrected chi connectivity index (χ2v) is 5.70. The molecule has 0 bridgehead atoms. The van der Waals surface area contributed by atoms with Crippen LogP contribution >= 0.6 is 0 Å². The predicted octanol–water partition coefficient (Wildman–Crippen LogP) is 3.78. The number of anilines is 2. The molecule has 2 amide bonds. The van der Waals surface area contributed by atoms with Crippen molar-refractivity contribution in [1.82, 2.24) is 0 Å². The number of ether oxygens (including phenoxy) is 2. The lowest BCUT2D eigenvalue weighted by molar-refractivity contribution is 0.151. The van der Waals surface area contributed by atoms with Crippen LogP contribution in [0.3, 0.4) is 0 Å². The highest BCUT2D eigenvalue weighted by molar-refractivity contribution is 6.54. The Hall–Kier alpha value is -2.96. The monoisotopic (exact) mass is 337 g/mol. The molecule has 0 spiro atoms. The van der Waals surface area contributed by atoms with Crippen LogP contribution in [-0.4, -0.2) is 32.7 Å². The molecule has 2 atom stereocenters. The fraction of sp³-hybridized carbons (Fsp3) is 0.222. The van der Waals surface area contributed by atoms with Crippen molar-refractivity contribution in [2.24, 2.45) is 0 Å². The summed E-state index contributed by atoms with van der Waals surface area (Å²) in [5.41, 5.74) is 1.37. The molecular formula is C18H18BN2O4. The fourth-order valence-corrected chi connectivity index (χ4v) is 2.31. The van der Waals surface area contributed by atoms with E-state index in [1.165, 1.54) is 0 Å². The fourth-order valence-electron chi connectivity index (χ4n) is 2.31. The van der Waals surface area contributed by atoms with Gasteiger partial charge in [0.15, 0.2) is 0 Å². The van der Waals surface area contributed by atoms with Crippen LogP contribution < -0.4 is 10.6 Å². The Balaban J connectivity index is 1.29. The minimum atomic E-state index is -0.493. The first-order valence-corrected chi connectivity index (χ1v) is 8.03. The van der Waals surface area contributed by atoms with E-state index in [1.54, 1.807) is 24.3 Å². The third-order valence-corrected chi connectivity index (χ3v) is 3.76. The Morgan fingerprint density at radius 2 is 1.16 bits per heavy atom. The van der Waals surface area contributed by atoms with Gasteiger partial charge in [0, 0.05) is 11.4 Å². The van der Waals surface area contributed by atoms with Gasteiger partial charge < -0.3 is 9.47 Å². The van der Waals surface area contributed by atoms with E-state index in [4.69, 9.17) is 9.47 Å². The Bertz CT molecular complexity index is 650. The molecule has 6 nitrogen and oxygen atoms in total. The van der Waals surface area contributed by atoms with Crippen LogP contribution in [0.25, 0.3) is 0 Å². The second kappa shape index (κ2) is 8.23. The van der Waals surface area contributed by atoms with E-state index < -0.39 is 12.2 Å². The van der Waals surface area contributed by atoms with E-state index in [0.29, 0.717) is 11.4 Å². The summed E-state index contributed by atoms with van der Waals surface area (Å²) >= 11 is 0. The highest BCUT2D eigenvalue weighted by atomic mass is 16.6. The van der Waals surface area contributed by atoms with Crippen molar-refractivity contribution >= 4 is 30.8 Å². The molecule has 1 aliphatic rings. The number of carbonyl (C=O) groups excluding carboxylic acids is 2. The van der Waals surface area contributed by atoms with E-state index >= 15 is 0 Å². The number of hydrogen-bond donors (Lipinski definition) is 2. The lowest BCUT2D eigenvalue weighted by atomic mass is 10.0. The van der Waals surface area contributed by atoms with Crippen molar-refractivity contribution < 1.29 is 19.1 Å². The molecule has 1 fully saturated rings. The number of rotatable bonds is 6. The number of hydrogen-bond acceptors (Lipinski definition) is 4. The van der Waals surface area contributed by atoms with Gasteiger partial charge in [-0.25, -0.2) is 9.59 Å². The minimum Gasteiger partial charge on any atom is -0.450 e. The molecule has 0 unspecified atom stereocenters. The van der Waals surface area contributed by atoms with Gasteiger partial charge in [0.1, 0.15) is 7.28 Å². The maximum absolute atomic E-state index is 11.7. The smallest absolute Gasteiger partial charge is 0.411 e. The number of benzene rings is 2. The Kier molecular flexibility index (Phi) is 5.56. The summed E-state index contributed by atoms with van der Waals surface area (Å²) in [6.45, 7) is 0.542. The average molecular weight is 337 g/mol. The van der Waals surface area contributed by atoms with Crippen molar-refractivity contribution in [3.63, 3.8) is 0 Å².